The molecule has 3 heteroatoms. The number of hydrogen-bond acceptors (Lipinski definition) is 2. The standard InChI is InChI=1S/C12H16N2O/c1-9-7-13-11-5-3-4-6-12(11)14(8-9)10(2)15/h3-6,9,13H,7-8H2,1-2H3/t9-/m1/s1. The Kier molecular flexibility index (Phi) is 2.62. The van der Waals surface area contributed by atoms with Crippen LogP contribution in [0.4, 0.5) is 11.4 Å². The van der Waals surface area contributed by atoms with E-state index in [9.17, 15) is 4.79 Å². The van der Waals surface area contributed by atoms with Crippen LogP contribution in [-0.4, -0.2) is 19.0 Å². The minimum atomic E-state index is 0.109. The molecule has 0 bridgehead atoms. The molecule has 1 aromatic rings. The number of para-hydroxylation sites is 2. The molecule has 0 radical (unpaired) electrons. The summed E-state index contributed by atoms with van der Waals surface area (Å²) in [6, 6.07) is 7.96. The van der Waals surface area contributed by atoms with Gasteiger partial charge in [0.05, 0.1) is 11.4 Å². The molecule has 1 aliphatic rings. The van der Waals surface area contributed by atoms with Gasteiger partial charge in [0.2, 0.25) is 5.91 Å². The van der Waals surface area contributed by atoms with E-state index in [2.05, 4.69) is 12.2 Å². The number of nitrogens with one attached hydrogen (secondary N) is 1. The molecule has 1 aromatic carbocycles. The lowest BCUT2D eigenvalue weighted by Crippen LogP contribution is -2.32. The van der Waals surface area contributed by atoms with E-state index in [1.807, 2.05) is 29.2 Å². The highest BCUT2D eigenvalue weighted by Crippen LogP contribution is 2.29. The summed E-state index contributed by atoms with van der Waals surface area (Å²) >= 11 is 0. The highest BCUT2D eigenvalue weighted by atomic mass is 16.2. The molecule has 2 rings (SSSR count). The smallest absolute Gasteiger partial charge is 0.223 e. The maximum Gasteiger partial charge on any atom is 0.223 e. The lowest BCUT2D eigenvalue weighted by Gasteiger charge is -2.22. The second kappa shape index (κ2) is 3.93. The first-order chi connectivity index (χ1) is 7.18. The van der Waals surface area contributed by atoms with Crippen LogP contribution in [0.5, 0.6) is 0 Å². The Hall–Kier alpha value is -1.51. The van der Waals surface area contributed by atoms with Crippen LogP contribution in [-0.2, 0) is 4.79 Å². The third kappa shape index (κ3) is 1.96. The molecule has 0 saturated carbocycles. The van der Waals surface area contributed by atoms with Gasteiger partial charge in [0.1, 0.15) is 0 Å². The Labute approximate surface area is 90.1 Å². The van der Waals surface area contributed by atoms with Crippen LogP contribution in [0.2, 0.25) is 0 Å². The third-order valence-electron chi connectivity index (χ3n) is 2.71. The van der Waals surface area contributed by atoms with Crippen molar-refractivity contribution in [3.8, 4) is 0 Å². The van der Waals surface area contributed by atoms with E-state index in [0.29, 0.717) is 5.92 Å². The summed E-state index contributed by atoms with van der Waals surface area (Å²) in [5, 5.41) is 3.37. The minimum Gasteiger partial charge on any atom is -0.383 e. The van der Waals surface area contributed by atoms with E-state index in [-0.39, 0.29) is 5.91 Å². The van der Waals surface area contributed by atoms with Crippen molar-refractivity contribution in [1.29, 1.82) is 0 Å². The molecule has 1 atom stereocenters. The van der Waals surface area contributed by atoms with Gasteiger partial charge in [0, 0.05) is 20.0 Å². The number of amides is 1. The van der Waals surface area contributed by atoms with Gasteiger partial charge >= 0.3 is 0 Å². The lowest BCUT2D eigenvalue weighted by atomic mass is 10.2. The van der Waals surface area contributed by atoms with Gasteiger partial charge in [-0.05, 0) is 18.1 Å². The number of hydrogen-bond donors (Lipinski definition) is 1. The van der Waals surface area contributed by atoms with Crippen LogP contribution in [0.3, 0.4) is 0 Å². The Morgan fingerprint density at radius 3 is 2.93 bits per heavy atom. The first-order valence-electron chi connectivity index (χ1n) is 5.29. The van der Waals surface area contributed by atoms with Crippen LogP contribution >= 0.6 is 0 Å². The first-order valence-corrected chi connectivity index (χ1v) is 5.29. The number of benzene rings is 1. The van der Waals surface area contributed by atoms with Gasteiger partial charge in [-0.15, -0.1) is 0 Å². The maximum absolute atomic E-state index is 11.6. The average Bonchev–Trinajstić information content (AvgIpc) is 2.39. The molecule has 0 fully saturated rings. The van der Waals surface area contributed by atoms with E-state index in [1.54, 1.807) is 6.92 Å². The molecule has 1 amide bonds. The molecule has 0 aliphatic carbocycles. The molecule has 0 aromatic heterocycles. The van der Waals surface area contributed by atoms with Crippen LogP contribution in [0.1, 0.15) is 13.8 Å². The van der Waals surface area contributed by atoms with Crippen molar-refractivity contribution in [2.75, 3.05) is 23.3 Å². The van der Waals surface area contributed by atoms with Crippen molar-refractivity contribution in [1.82, 2.24) is 0 Å². The summed E-state index contributed by atoms with van der Waals surface area (Å²) in [4.78, 5) is 13.4. The SMILES string of the molecule is CC(=O)N1C[C@H](C)CNc2ccccc21. The molecule has 0 unspecified atom stereocenters. The Bertz CT molecular complexity index is 376. The van der Waals surface area contributed by atoms with Gasteiger partial charge in [-0.25, -0.2) is 0 Å². The Balaban J connectivity index is 2.41. The first kappa shape index (κ1) is 10.0. The largest absolute Gasteiger partial charge is 0.383 e. The van der Waals surface area contributed by atoms with E-state index in [4.69, 9.17) is 0 Å². The van der Waals surface area contributed by atoms with Gasteiger partial charge in [0.25, 0.3) is 0 Å². The van der Waals surface area contributed by atoms with Crippen LogP contribution in [0.25, 0.3) is 0 Å². The molecular weight excluding hydrogens is 188 g/mol. The quantitative estimate of drug-likeness (QED) is 0.702. The summed E-state index contributed by atoms with van der Waals surface area (Å²) in [7, 11) is 0. The minimum absolute atomic E-state index is 0.109. The third-order valence-corrected chi connectivity index (χ3v) is 2.71. The van der Waals surface area contributed by atoms with Gasteiger partial charge < -0.3 is 10.2 Å². The lowest BCUT2D eigenvalue weighted by molar-refractivity contribution is -0.116. The maximum atomic E-state index is 11.6. The second-order valence-electron chi connectivity index (χ2n) is 4.13. The fraction of sp³-hybridized carbons (Fsp3) is 0.417. The molecule has 3 nitrogen and oxygen atoms in total. The van der Waals surface area contributed by atoms with Crippen LogP contribution in [0, 0.1) is 5.92 Å². The normalized spacial score (nSPS) is 20.1. The average molecular weight is 204 g/mol. The molecule has 0 spiro atoms. The Morgan fingerprint density at radius 2 is 2.20 bits per heavy atom. The number of rotatable bonds is 0. The van der Waals surface area contributed by atoms with E-state index >= 15 is 0 Å². The predicted molar refractivity (Wildman–Crippen MR) is 62.1 cm³/mol. The number of anilines is 2. The molecule has 1 heterocycles. The van der Waals surface area contributed by atoms with Gasteiger partial charge in [-0.1, -0.05) is 19.1 Å². The predicted octanol–water partition coefficient (Wildman–Crippen LogP) is 2.10. The zero-order chi connectivity index (χ0) is 10.8. The zero-order valence-corrected chi connectivity index (χ0v) is 9.16. The molecule has 80 valence electrons. The monoisotopic (exact) mass is 204 g/mol. The van der Waals surface area contributed by atoms with Gasteiger partial charge in [-0.3, -0.25) is 4.79 Å². The van der Waals surface area contributed by atoms with Crippen molar-refractivity contribution >= 4 is 17.3 Å². The molecule has 1 N–H and O–H groups in total. The van der Waals surface area contributed by atoms with Crippen molar-refractivity contribution in [3.05, 3.63) is 24.3 Å². The highest BCUT2D eigenvalue weighted by Gasteiger charge is 2.21. The number of fused-ring (bicyclic) bond motifs is 1. The van der Waals surface area contributed by atoms with E-state index < -0.39 is 0 Å². The molecule has 15 heavy (non-hydrogen) atoms. The van der Waals surface area contributed by atoms with Crippen LogP contribution in [0.15, 0.2) is 24.3 Å². The zero-order valence-electron chi connectivity index (χ0n) is 9.16. The molecule has 0 saturated heterocycles. The van der Waals surface area contributed by atoms with Crippen molar-refractivity contribution < 1.29 is 4.79 Å². The molecular formula is C12H16N2O. The van der Waals surface area contributed by atoms with E-state index in [1.165, 1.54) is 0 Å². The second-order valence-corrected chi connectivity index (χ2v) is 4.13. The summed E-state index contributed by atoms with van der Waals surface area (Å²) in [6.07, 6.45) is 0. The van der Waals surface area contributed by atoms with Gasteiger partial charge in [0.15, 0.2) is 0 Å². The van der Waals surface area contributed by atoms with E-state index in [0.717, 1.165) is 24.5 Å². The fourth-order valence-corrected chi connectivity index (χ4v) is 1.92. The fourth-order valence-electron chi connectivity index (χ4n) is 1.92. The summed E-state index contributed by atoms with van der Waals surface area (Å²) in [6.45, 7) is 5.48. The Morgan fingerprint density at radius 1 is 1.47 bits per heavy atom. The number of carbonyl (C=O) groups is 1. The summed E-state index contributed by atoms with van der Waals surface area (Å²) in [5.74, 6) is 0.583. The highest BCUT2D eigenvalue weighted by molar-refractivity contribution is 5.95. The van der Waals surface area contributed by atoms with Crippen LogP contribution < -0.4 is 10.2 Å². The topological polar surface area (TPSA) is 32.3 Å². The number of nitrogens with zero attached hydrogens (tertiary/aromatic N) is 1. The molecule has 1 aliphatic heterocycles. The van der Waals surface area contributed by atoms with Crippen molar-refractivity contribution in [3.63, 3.8) is 0 Å². The van der Waals surface area contributed by atoms with Gasteiger partial charge in [-0.2, -0.15) is 0 Å². The van der Waals surface area contributed by atoms with Crippen molar-refractivity contribution in [2.24, 2.45) is 5.92 Å². The summed E-state index contributed by atoms with van der Waals surface area (Å²) < 4.78 is 0. The summed E-state index contributed by atoms with van der Waals surface area (Å²) in [5.41, 5.74) is 2.05. The van der Waals surface area contributed by atoms with Crippen molar-refractivity contribution in [2.45, 2.75) is 13.8 Å². The number of carbonyl (C=O) groups excluding carboxylic acids is 1.